The molecule has 1 aliphatic carbocycles. The van der Waals surface area contributed by atoms with Crippen molar-refractivity contribution in [2.24, 2.45) is 13.0 Å². The lowest BCUT2D eigenvalue weighted by Gasteiger charge is -2.36. The lowest BCUT2D eigenvalue weighted by atomic mass is 9.81. The molecule has 0 unspecified atom stereocenters. The number of rotatable bonds is 5. The Bertz CT molecular complexity index is 1200. The Morgan fingerprint density at radius 2 is 1.92 bits per heavy atom. The molecule has 4 rings (SSSR count). The molecule has 10 heteroatoms. The van der Waals surface area contributed by atoms with E-state index in [4.69, 9.17) is 4.74 Å². The molecule has 1 saturated heterocycles. The molecule has 2 atom stereocenters. The van der Waals surface area contributed by atoms with Crippen LogP contribution in [-0.4, -0.2) is 62.6 Å². The van der Waals surface area contributed by atoms with Gasteiger partial charge in [-0.25, -0.2) is 9.78 Å². The molecule has 10 nitrogen and oxygen atoms in total. The van der Waals surface area contributed by atoms with Gasteiger partial charge in [0.25, 0.3) is 5.91 Å². The molecule has 2 fully saturated rings. The van der Waals surface area contributed by atoms with Gasteiger partial charge in [-0.3, -0.25) is 9.59 Å². The first-order valence-electron chi connectivity index (χ1n) is 13.0. The van der Waals surface area contributed by atoms with E-state index in [2.05, 4.69) is 21.7 Å². The fourth-order valence-electron chi connectivity index (χ4n) is 5.30. The Balaban J connectivity index is 1.40. The zero-order valence-electron chi connectivity index (χ0n) is 22.0. The number of nitrogens with zero attached hydrogens (tertiary/aromatic N) is 4. The molecule has 0 bridgehead atoms. The number of likely N-dealkylation sites (tertiary alicyclic amines) is 1. The van der Waals surface area contributed by atoms with Crippen LogP contribution in [-0.2, 0) is 16.6 Å². The van der Waals surface area contributed by atoms with Gasteiger partial charge in [-0.1, -0.05) is 0 Å². The maximum Gasteiger partial charge on any atom is 0.408 e. The third-order valence-electron chi connectivity index (χ3n) is 7.21. The van der Waals surface area contributed by atoms with Gasteiger partial charge in [-0.15, -0.1) is 0 Å². The van der Waals surface area contributed by atoms with Crippen molar-refractivity contribution in [3.8, 4) is 6.07 Å². The van der Waals surface area contributed by atoms with Crippen molar-refractivity contribution in [1.29, 1.82) is 5.26 Å². The first kappa shape index (κ1) is 26.5. The number of hydrogen-bond donors (Lipinski definition) is 2. The van der Waals surface area contributed by atoms with Crippen molar-refractivity contribution < 1.29 is 19.1 Å². The maximum atomic E-state index is 13.5. The first-order chi connectivity index (χ1) is 17.6. The average molecular weight is 509 g/mol. The number of pyridine rings is 1. The highest BCUT2D eigenvalue weighted by molar-refractivity contribution is 5.96. The standard InChI is InChI=1S/C27H36N6O4/c1-27(2,3)37-26(36)31-23(25(35)33-12-5-6-20(33)15-28)17-7-9-19(10-8-17)30-24(34)21-14-18-11-13-32(4)22(18)16-29-21/h11,13-14,16-17,19-20,23H,5-10,12H2,1-4H3,(H,30,34)(H,31,36)/t17?,19?,20-,23-/m0/s1. The molecule has 0 spiro atoms. The number of carbonyl (C=O) groups excluding carboxylic acids is 3. The molecule has 0 radical (unpaired) electrons. The summed E-state index contributed by atoms with van der Waals surface area (Å²) < 4.78 is 7.38. The highest BCUT2D eigenvalue weighted by atomic mass is 16.6. The molecule has 2 aromatic rings. The molecule has 2 aromatic heterocycles. The van der Waals surface area contributed by atoms with Gasteiger partial charge in [0.1, 0.15) is 23.4 Å². The molecule has 198 valence electrons. The Kier molecular flexibility index (Phi) is 7.71. The van der Waals surface area contributed by atoms with Crippen molar-refractivity contribution in [2.45, 2.75) is 83.0 Å². The first-order valence-corrected chi connectivity index (χ1v) is 13.0. The zero-order chi connectivity index (χ0) is 26.7. The van der Waals surface area contributed by atoms with Crippen LogP contribution in [0.25, 0.3) is 10.9 Å². The van der Waals surface area contributed by atoms with Crippen molar-refractivity contribution in [3.05, 3.63) is 30.2 Å². The summed E-state index contributed by atoms with van der Waals surface area (Å²) in [5.41, 5.74) is 0.637. The highest BCUT2D eigenvalue weighted by Gasteiger charge is 2.40. The average Bonchev–Trinajstić information content (AvgIpc) is 3.48. The van der Waals surface area contributed by atoms with Crippen molar-refractivity contribution >= 4 is 28.8 Å². The summed E-state index contributed by atoms with van der Waals surface area (Å²) in [7, 11) is 1.93. The lowest BCUT2D eigenvalue weighted by molar-refractivity contribution is -0.135. The van der Waals surface area contributed by atoms with E-state index in [-0.39, 0.29) is 23.8 Å². The van der Waals surface area contributed by atoms with Crippen LogP contribution in [0.15, 0.2) is 24.5 Å². The van der Waals surface area contributed by atoms with E-state index >= 15 is 0 Å². The molecular weight excluding hydrogens is 472 g/mol. The summed E-state index contributed by atoms with van der Waals surface area (Å²) in [4.78, 5) is 44.9. The van der Waals surface area contributed by atoms with E-state index in [0.717, 1.165) is 17.3 Å². The van der Waals surface area contributed by atoms with Crippen LogP contribution >= 0.6 is 0 Å². The van der Waals surface area contributed by atoms with Crippen LogP contribution in [0, 0.1) is 17.2 Å². The number of carbonyl (C=O) groups is 3. The number of aromatic nitrogens is 2. The second-order valence-corrected chi connectivity index (χ2v) is 11.1. The molecule has 2 aliphatic rings. The summed E-state index contributed by atoms with van der Waals surface area (Å²) in [5, 5.41) is 16.3. The lowest BCUT2D eigenvalue weighted by Crippen LogP contribution is -2.55. The number of alkyl carbamates (subject to hydrolysis) is 1. The number of amides is 3. The predicted octanol–water partition coefficient (Wildman–Crippen LogP) is 3.27. The molecular formula is C27H36N6O4. The number of hydrogen-bond acceptors (Lipinski definition) is 6. The Hall–Kier alpha value is -3.61. The van der Waals surface area contributed by atoms with Crippen molar-refractivity contribution in [3.63, 3.8) is 0 Å². The monoisotopic (exact) mass is 508 g/mol. The predicted molar refractivity (Wildman–Crippen MR) is 137 cm³/mol. The molecule has 1 saturated carbocycles. The van der Waals surface area contributed by atoms with Gasteiger partial charge in [0, 0.05) is 31.2 Å². The molecule has 2 N–H and O–H groups in total. The Morgan fingerprint density at radius 1 is 1.19 bits per heavy atom. The number of nitriles is 1. The molecule has 0 aromatic carbocycles. The van der Waals surface area contributed by atoms with Crippen LogP contribution in [0.5, 0.6) is 0 Å². The van der Waals surface area contributed by atoms with Crippen LogP contribution in [0.3, 0.4) is 0 Å². The highest BCUT2D eigenvalue weighted by Crippen LogP contribution is 2.30. The van der Waals surface area contributed by atoms with E-state index < -0.39 is 23.8 Å². The third kappa shape index (κ3) is 6.21. The van der Waals surface area contributed by atoms with Gasteiger partial charge >= 0.3 is 6.09 Å². The molecule has 3 heterocycles. The van der Waals surface area contributed by atoms with Crippen LogP contribution < -0.4 is 10.6 Å². The summed E-state index contributed by atoms with van der Waals surface area (Å²) in [6.07, 6.45) is 7.04. The summed E-state index contributed by atoms with van der Waals surface area (Å²) in [6.45, 7) is 5.82. The number of fused-ring (bicyclic) bond motifs is 1. The smallest absolute Gasteiger partial charge is 0.408 e. The van der Waals surface area contributed by atoms with Crippen LogP contribution in [0.1, 0.15) is 69.8 Å². The normalized spacial score (nSPS) is 22.8. The van der Waals surface area contributed by atoms with Crippen LogP contribution in [0.2, 0.25) is 0 Å². The minimum atomic E-state index is -0.775. The fourth-order valence-corrected chi connectivity index (χ4v) is 5.30. The van der Waals surface area contributed by atoms with Gasteiger partial charge < -0.3 is 24.8 Å². The van der Waals surface area contributed by atoms with E-state index in [1.807, 2.05) is 23.9 Å². The number of ether oxygens (including phenoxy) is 1. The van der Waals surface area contributed by atoms with Crippen molar-refractivity contribution in [1.82, 2.24) is 25.1 Å². The summed E-state index contributed by atoms with van der Waals surface area (Å²) in [5.74, 6) is -0.572. The maximum absolute atomic E-state index is 13.5. The van der Waals surface area contributed by atoms with E-state index in [9.17, 15) is 19.6 Å². The Morgan fingerprint density at radius 3 is 2.59 bits per heavy atom. The largest absolute Gasteiger partial charge is 0.444 e. The topological polar surface area (TPSA) is 129 Å². The fraction of sp³-hybridized carbons (Fsp3) is 0.593. The molecule has 37 heavy (non-hydrogen) atoms. The number of nitrogens with one attached hydrogen (secondary N) is 2. The third-order valence-corrected chi connectivity index (χ3v) is 7.21. The SMILES string of the molecule is Cn1ccc2cc(C(=O)NC3CCC([C@H](NC(=O)OC(C)(C)C)C(=O)N4CCC[C@H]4C#N)CC3)ncc21. The second kappa shape index (κ2) is 10.8. The summed E-state index contributed by atoms with van der Waals surface area (Å²) >= 11 is 0. The van der Waals surface area contributed by atoms with Crippen LogP contribution in [0.4, 0.5) is 4.79 Å². The molecule has 1 aliphatic heterocycles. The van der Waals surface area contributed by atoms with Gasteiger partial charge in [-0.2, -0.15) is 5.26 Å². The van der Waals surface area contributed by atoms with E-state index in [0.29, 0.717) is 44.3 Å². The van der Waals surface area contributed by atoms with Gasteiger partial charge in [0.05, 0.1) is 17.8 Å². The second-order valence-electron chi connectivity index (χ2n) is 11.1. The molecule has 3 amide bonds. The van der Waals surface area contributed by atoms with Gasteiger partial charge in [0.15, 0.2) is 0 Å². The summed E-state index contributed by atoms with van der Waals surface area (Å²) in [6, 6.07) is 4.65. The minimum absolute atomic E-state index is 0.0482. The Labute approximate surface area is 217 Å². The van der Waals surface area contributed by atoms with E-state index in [1.165, 1.54) is 0 Å². The van der Waals surface area contributed by atoms with Crippen molar-refractivity contribution in [2.75, 3.05) is 6.54 Å². The minimum Gasteiger partial charge on any atom is -0.444 e. The quantitative estimate of drug-likeness (QED) is 0.638. The number of aryl methyl sites for hydroxylation is 1. The van der Waals surface area contributed by atoms with E-state index in [1.54, 1.807) is 37.9 Å². The van der Waals surface area contributed by atoms with Gasteiger partial charge in [0.2, 0.25) is 5.91 Å². The van der Waals surface area contributed by atoms with Gasteiger partial charge in [-0.05, 0) is 77.3 Å². The zero-order valence-corrected chi connectivity index (χ0v) is 22.0.